The summed E-state index contributed by atoms with van der Waals surface area (Å²) >= 11 is 2.51. The molecule has 1 amide bonds. The molecule has 0 aromatic heterocycles. The van der Waals surface area contributed by atoms with Gasteiger partial charge >= 0.3 is 5.97 Å². The Kier molecular flexibility index (Phi) is 7.55. The first-order valence-electron chi connectivity index (χ1n) is 9.53. The van der Waals surface area contributed by atoms with Crippen LogP contribution in [0.15, 0.2) is 59.5 Å². The molecule has 1 unspecified atom stereocenters. The van der Waals surface area contributed by atoms with E-state index in [0.717, 1.165) is 16.7 Å². The Bertz CT molecular complexity index is 907. The van der Waals surface area contributed by atoms with E-state index in [4.69, 9.17) is 0 Å². The van der Waals surface area contributed by atoms with E-state index in [0.29, 0.717) is 18.5 Å². The van der Waals surface area contributed by atoms with Gasteiger partial charge in [0.1, 0.15) is 11.9 Å². The predicted molar refractivity (Wildman–Crippen MR) is 116 cm³/mol. The molecule has 0 spiro atoms. The van der Waals surface area contributed by atoms with Gasteiger partial charge in [-0.2, -0.15) is 0 Å². The third kappa shape index (κ3) is 5.64. The molecule has 30 heavy (non-hydrogen) atoms. The quantitative estimate of drug-likeness (QED) is 0.686. The number of aliphatic carboxylic acids is 1. The van der Waals surface area contributed by atoms with Gasteiger partial charge in [-0.15, -0.1) is 11.8 Å². The minimum atomic E-state index is -1.04. The second-order valence-electron chi connectivity index (χ2n) is 7.14. The highest BCUT2D eigenvalue weighted by Gasteiger charge is 2.41. The monoisotopic (exact) mass is 447 g/mol. The zero-order valence-electron chi connectivity index (χ0n) is 16.4. The zero-order chi connectivity index (χ0) is 21.7. The van der Waals surface area contributed by atoms with Gasteiger partial charge in [-0.05, 0) is 30.7 Å². The maximum atomic E-state index is 13.1. The minimum Gasteiger partial charge on any atom is -0.480 e. The van der Waals surface area contributed by atoms with Crippen molar-refractivity contribution in [2.45, 2.75) is 29.5 Å². The molecule has 1 aliphatic rings. The number of halogens is 1. The molecule has 5 nitrogen and oxygen atoms in total. The number of hydrogen-bond donors (Lipinski definition) is 1. The van der Waals surface area contributed by atoms with Crippen LogP contribution >= 0.6 is 23.5 Å². The number of nitrogens with zero attached hydrogens (tertiary/aromatic N) is 1. The molecular weight excluding hydrogens is 425 g/mol. The second-order valence-corrected chi connectivity index (χ2v) is 9.51. The van der Waals surface area contributed by atoms with Gasteiger partial charge in [0.15, 0.2) is 0 Å². The van der Waals surface area contributed by atoms with Crippen molar-refractivity contribution in [3.05, 3.63) is 66.0 Å². The summed E-state index contributed by atoms with van der Waals surface area (Å²) in [5, 5.41) is 9.38. The van der Waals surface area contributed by atoms with Crippen molar-refractivity contribution in [2.75, 3.05) is 12.3 Å². The van der Waals surface area contributed by atoms with Gasteiger partial charge in [0.05, 0.1) is 0 Å². The minimum absolute atomic E-state index is 0.0914. The first-order valence-corrected chi connectivity index (χ1v) is 11.4. The zero-order valence-corrected chi connectivity index (χ0v) is 18.0. The number of carboxylic acids is 1. The van der Waals surface area contributed by atoms with E-state index in [1.165, 1.54) is 28.8 Å². The van der Waals surface area contributed by atoms with Crippen LogP contribution < -0.4 is 0 Å². The van der Waals surface area contributed by atoms with Gasteiger partial charge in [0, 0.05) is 33.9 Å². The molecular formula is C22H22FNO4S2. The largest absolute Gasteiger partial charge is 0.480 e. The third-order valence-electron chi connectivity index (χ3n) is 4.84. The average Bonchev–Trinajstić information content (AvgIpc) is 3.17. The van der Waals surface area contributed by atoms with Crippen LogP contribution in [0.1, 0.15) is 23.7 Å². The number of carbonyl (C=O) groups excluding carboxylic acids is 2. The fraction of sp³-hybridized carbons (Fsp3) is 0.318. The van der Waals surface area contributed by atoms with E-state index in [1.807, 2.05) is 6.07 Å². The van der Waals surface area contributed by atoms with Crippen LogP contribution in [-0.4, -0.2) is 50.6 Å². The lowest BCUT2D eigenvalue weighted by Gasteiger charge is -2.24. The summed E-state index contributed by atoms with van der Waals surface area (Å²) in [6, 6.07) is 14.0. The number of benzene rings is 2. The molecule has 1 saturated heterocycles. The lowest BCUT2D eigenvalue weighted by Crippen LogP contribution is -2.43. The maximum Gasteiger partial charge on any atom is 0.326 e. The lowest BCUT2D eigenvalue weighted by molar-refractivity contribution is -0.149. The van der Waals surface area contributed by atoms with Crippen molar-refractivity contribution in [1.29, 1.82) is 0 Å². The molecule has 0 saturated carbocycles. The summed E-state index contributed by atoms with van der Waals surface area (Å²) in [5.41, 5.74) is 0.572. The van der Waals surface area contributed by atoms with E-state index in [1.54, 1.807) is 43.3 Å². The molecule has 1 aliphatic heterocycles. The molecule has 2 aromatic rings. The fourth-order valence-corrected chi connectivity index (χ4v) is 5.32. The number of carbonyl (C=O) groups is 3. The smallest absolute Gasteiger partial charge is 0.326 e. The predicted octanol–water partition coefficient (Wildman–Crippen LogP) is 4.18. The van der Waals surface area contributed by atoms with Gasteiger partial charge in [-0.1, -0.05) is 49.0 Å². The SMILES string of the molecule is CC(CSC(=O)c1ccccc1)C(=O)N1C[C@@H](Sc2ccc(F)cc2)C[C@H]1C(=O)O. The van der Waals surface area contributed by atoms with Crippen LogP contribution in [0.5, 0.6) is 0 Å². The Morgan fingerprint density at radius 1 is 1.13 bits per heavy atom. The first-order chi connectivity index (χ1) is 14.3. The van der Waals surface area contributed by atoms with Crippen molar-refractivity contribution in [1.82, 2.24) is 4.90 Å². The van der Waals surface area contributed by atoms with Crippen molar-refractivity contribution < 1.29 is 23.9 Å². The van der Waals surface area contributed by atoms with Gasteiger partial charge in [-0.25, -0.2) is 9.18 Å². The summed E-state index contributed by atoms with van der Waals surface area (Å²) < 4.78 is 13.1. The molecule has 0 radical (unpaired) electrons. The molecule has 3 rings (SSSR count). The average molecular weight is 448 g/mol. The third-order valence-corrected chi connectivity index (χ3v) is 7.23. The topological polar surface area (TPSA) is 74.7 Å². The molecule has 2 aromatic carbocycles. The van der Waals surface area contributed by atoms with Crippen molar-refractivity contribution in [3.8, 4) is 0 Å². The van der Waals surface area contributed by atoms with Crippen LogP contribution in [0.4, 0.5) is 4.39 Å². The maximum absolute atomic E-state index is 13.1. The van der Waals surface area contributed by atoms with Crippen LogP contribution in [0, 0.1) is 11.7 Å². The molecule has 0 aliphatic carbocycles. The molecule has 158 valence electrons. The van der Waals surface area contributed by atoms with Gasteiger partial charge in [0.2, 0.25) is 11.0 Å². The second kappa shape index (κ2) is 10.1. The Morgan fingerprint density at radius 3 is 2.43 bits per heavy atom. The molecule has 1 fully saturated rings. The van der Waals surface area contributed by atoms with Crippen molar-refractivity contribution in [2.24, 2.45) is 5.92 Å². The van der Waals surface area contributed by atoms with Gasteiger partial charge in [0.25, 0.3) is 0 Å². The van der Waals surface area contributed by atoms with Crippen LogP contribution in [0.2, 0.25) is 0 Å². The Balaban J connectivity index is 1.60. The highest BCUT2D eigenvalue weighted by atomic mass is 32.2. The normalized spacial score (nSPS) is 19.5. The fourth-order valence-electron chi connectivity index (χ4n) is 3.28. The Labute approximate surface area is 183 Å². The van der Waals surface area contributed by atoms with Gasteiger partial charge in [-0.3, -0.25) is 9.59 Å². The van der Waals surface area contributed by atoms with Crippen LogP contribution in [-0.2, 0) is 9.59 Å². The summed E-state index contributed by atoms with van der Waals surface area (Å²) in [5.74, 6) is -1.84. The summed E-state index contributed by atoms with van der Waals surface area (Å²) in [4.78, 5) is 39.1. The van der Waals surface area contributed by atoms with Crippen LogP contribution in [0.25, 0.3) is 0 Å². The summed E-state index contributed by atoms with van der Waals surface area (Å²) in [6.45, 7) is 2.02. The Morgan fingerprint density at radius 2 is 1.80 bits per heavy atom. The van der Waals surface area contributed by atoms with Crippen molar-refractivity contribution in [3.63, 3.8) is 0 Å². The lowest BCUT2D eigenvalue weighted by atomic mass is 10.1. The van der Waals surface area contributed by atoms with E-state index in [9.17, 15) is 23.9 Å². The molecule has 0 bridgehead atoms. The number of likely N-dealkylation sites (tertiary alicyclic amines) is 1. The molecule has 1 N–H and O–H groups in total. The Hall–Kier alpha value is -2.32. The van der Waals surface area contributed by atoms with E-state index in [2.05, 4.69) is 0 Å². The van der Waals surface area contributed by atoms with Crippen molar-refractivity contribution >= 4 is 40.5 Å². The number of hydrogen-bond acceptors (Lipinski definition) is 5. The number of rotatable bonds is 7. The van der Waals surface area contributed by atoms with E-state index in [-0.39, 0.29) is 27.8 Å². The summed E-state index contributed by atoms with van der Waals surface area (Å²) in [7, 11) is 0. The number of carboxylic acid groups (broad SMARTS) is 1. The number of amides is 1. The number of thioether (sulfide) groups is 2. The van der Waals surface area contributed by atoms with Crippen LogP contribution in [0.3, 0.4) is 0 Å². The summed E-state index contributed by atoms with van der Waals surface area (Å²) in [6.07, 6.45) is 0.325. The molecule has 8 heteroatoms. The first kappa shape index (κ1) is 22.4. The molecule has 3 atom stereocenters. The standard InChI is InChI=1S/C22H22FNO4S2/c1-14(13-29-22(28)15-5-3-2-4-6-15)20(25)24-12-18(11-19(24)21(26)27)30-17-9-7-16(23)8-10-17/h2-10,14,18-19H,11-13H2,1H3,(H,26,27)/t14?,18-,19-/m0/s1. The highest BCUT2D eigenvalue weighted by molar-refractivity contribution is 8.14. The van der Waals surface area contributed by atoms with E-state index >= 15 is 0 Å². The van der Waals surface area contributed by atoms with Gasteiger partial charge < -0.3 is 10.0 Å². The highest BCUT2D eigenvalue weighted by Crippen LogP contribution is 2.34. The van der Waals surface area contributed by atoms with E-state index < -0.39 is 17.9 Å². The molecule has 1 heterocycles.